The lowest BCUT2D eigenvalue weighted by molar-refractivity contribution is 0.167. The van der Waals surface area contributed by atoms with E-state index in [9.17, 15) is 5.26 Å². The van der Waals surface area contributed by atoms with Crippen LogP contribution in [0.25, 0.3) is 0 Å². The number of para-hydroxylation sites is 1. The summed E-state index contributed by atoms with van der Waals surface area (Å²) in [5.74, 6) is 0.319. The van der Waals surface area contributed by atoms with Crippen LogP contribution in [-0.2, 0) is 5.41 Å². The van der Waals surface area contributed by atoms with Gasteiger partial charge >= 0.3 is 0 Å². The van der Waals surface area contributed by atoms with Gasteiger partial charge in [-0.15, -0.1) is 0 Å². The van der Waals surface area contributed by atoms with E-state index >= 15 is 0 Å². The first-order valence-electron chi connectivity index (χ1n) is 8.20. The molecule has 0 unspecified atom stereocenters. The van der Waals surface area contributed by atoms with Crippen LogP contribution in [0.5, 0.6) is 0 Å². The van der Waals surface area contributed by atoms with Crippen molar-refractivity contribution in [1.82, 2.24) is 4.90 Å². The molecule has 2 saturated heterocycles. The maximum absolute atomic E-state index is 9.88. The zero-order chi connectivity index (χ0) is 14.9. The maximum Gasteiger partial charge on any atom is 0.0972 e. The predicted octanol–water partition coefficient (Wildman–Crippen LogP) is 3.18. The Kier molecular flexibility index (Phi) is 2.28. The lowest BCUT2D eigenvalue weighted by atomic mass is 9.62. The molecule has 4 aliphatic rings. The number of nitrogens with one attached hydrogen (secondary N) is 1. The molecule has 1 aromatic carbocycles. The molecule has 0 radical (unpaired) electrons. The lowest BCUT2D eigenvalue weighted by Gasteiger charge is -2.47. The van der Waals surface area contributed by atoms with Gasteiger partial charge in [0.05, 0.1) is 17.1 Å². The van der Waals surface area contributed by atoms with Crippen LogP contribution >= 0.6 is 0 Å². The number of nitriles is 1. The van der Waals surface area contributed by atoms with Gasteiger partial charge in [0.1, 0.15) is 0 Å². The summed E-state index contributed by atoms with van der Waals surface area (Å²) in [6.45, 7) is 4.28. The SMILES string of the molecule is C/C=C1/CN2CC[C@]34C(=C(C#N)[C@H]1C[C@H]23)Nc1ccccc14. The summed E-state index contributed by atoms with van der Waals surface area (Å²) in [6.07, 6.45) is 4.46. The molecule has 1 spiro atoms. The van der Waals surface area contributed by atoms with Crippen LogP contribution < -0.4 is 5.32 Å². The van der Waals surface area contributed by atoms with Crippen molar-refractivity contribution in [3.05, 3.63) is 52.7 Å². The molecule has 1 aliphatic carbocycles. The number of allylic oxidation sites excluding steroid dienone is 2. The Labute approximate surface area is 130 Å². The van der Waals surface area contributed by atoms with Crippen LogP contribution in [0.15, 0.2) is 47.2 Å². The van der Waals surface area contributed by atoms with Crippen LogP contribution in [0.2, 0.25) is 0 Å². The highest BCUT2D eigenvalue weighted by Crippen LogP contribution is 2.60. The van der Waals surface area contributed by atoms with Crippen molar-refractivity contribution in [2.45, 2.75) is 31.2 Å². The van der Waals surface area contributed by atoms with E-state index in [-0.39, 0.29) is 5.41 Å². The molecular formula is C19H19N3. The summed E-state index contributed by atoms with van der Waals surface area (Å²) in [5.41, 5.74) is 6.28. The molecule has 1 N–H and O–H groups in total. The Morgan fingerprint density at radius 1 is 1.41 bits per heavy atom. The molecular weight excluding hydrogens is 270 g/mol. The van der Waals surface area contributed by atoms with Crippen LogP contribution in [0.3, 0.4) is 0 Å². The largest absolute Gasteiger partial charge is 0.357 e. The Hall–Kier alpha value is -2.05. The highest BCUT2D eigenvalue weighted by atomic mass is 15.2. The van der Waals surface area contributed by atoms with E-state index in [1.54, 1.807) is 0 Å². The Bertz CT molecular complexity index is 782. The molecule has 3 nitrogen and oxygen atoms in total. The molecule has 0 amide bonds. The van der Waals surface area contributed by atoms with Gasteiger partial charge in [-0.1, -0.05) is 29.8 Å². The maximum atomic E-state index is 9.88. The van der Waals surface area contributed by atoms with E-state index in [0.717, 1.165) is 31.5 Å². The van der Waals surface area contributed by atoms with E-state index < -0.39 is 0 Å². The first-order chi connectivity index (χ1) is 10.8. The van der Waals surface area contributed by atoms with Crippen molar-refractivity contribution in [1.29, 1.82) is 5.26 Å². The van der Waals surface area contributed by atoms with Crippen LogP contribution in [0, 0.1) is 17.2 Å². The van der Waals surface area contributed by atoms with E-state index in [0.29, 0.717) is 12.0 Å². The normalized spacial score (nSPS) is 36.8. The highest BCUT2D eigenvalue weighted by Gasteiger charge is 2.61. The van der Waals surface area contributed by atoms with Gasteiger partial charge in [-0.05, 0) is 31.4 Å². The summed E-state index contributed by atoms with van der Waals surface area (Å²) in [7, 11) is 0. The Morgan fingerprint density at radius 2 is 2.27 bits per heavy atom. The molecule has 3 heterocycles. The van der Waals surface area contributed by atoms with Gasteiger partial charge in [0.2, 0.25) is 0 Å². The quantitative estimate of drug-likeness (QED) is 0.746. The first kappa shape index (κ1) is 12.5. The van der Waals surface area contributed by atoms with Crippen LogP contribution in [0.1, 0.15) is 25.3 Å². The minimum absolute atomic E-state index is 0.0391. The van der Waals surface area contributed by atoms with Gasteiger partial charge in [-0.3, -0.25) is 4.90 Å². The van der Waals surface area contributed by atoms with Gasteiger partial charge in [0.15, 0.2) is 0 Å². The third kappa shape index (κ3) is 1.22. The number of fused-ring (bicyclic) bond motifs is 2. The van der Waals surface area contributed by atoms with Crippen molar-refractivity contribution >= 4 is 5.69 Å². The molecule has 2 fully saturated rings. The summed E-state index contributed by atoms with van der Waals surface area (Å²) in [5, 5.41) is 13.5. The number of anilines is 1. The molecule has 3 atom stereocenters. The number of hydrogen-bond acceptors (Lipinski definition) is 3. The number of piperidine rings is 1. The zero-order valence-corrected chi connectivity index (χ0v) is 12.8. The highest BCUT2D eigenvalue weighted by molar-refractivity contribution is 5.73. The van der Waals surface area contributed by atoms with E-state index in [1.807, 2.05) is 0 Å². The fraction of sp³-hybridized carbons (Fsp3) is 0.421. The topological polar surface area (TPSA) is 39.1 Å². The predicted molar refractivity (Wildman–Crippen MR) is 86.2 cm³/mol. The van der Waals surface area contributed by atoms with Gasteiger partial charge < -0.3 is 5.32 Å². The molecule has 1 aromatic rings. The molecule has 3 heteroatoms. The summed E-state index contributed by atoms with van der Waals surface area (Å²) < 4.78 is 0. The van der Waals surface area contributed by atoms with Crippen molar-refractivity contribution in [2.75, 3.05) is 18.4 Å². The Morgan fingerprint density at radius 3 is 3.09 bits per heavy atom. The van der Waals surface area contributed by atoms with Crippen molar-refractivity contribution in [2.24, 2.45) is 5.92 Å². The molecule has 2 bridgehead atoms. The van der Waals surface area contributed by atoms with Crippen molar-refractivity contribution in [3.63, 3.8) is 0 Å². The fourth-order valence-corrected chi connectivity index (χ4v) is 5.39. The van der Waals surface area contributed by atoms with E-state index in [2.05, 4.69) is 53.6 Å². The molecule has 0 saturated carbocycles. The molecule has 5 rings (SSSR count). The number of rotatable bonds is 0. The standard InChI is InChI=1S/C19H19N3/c1-2-12-11-22-8-7-19-15-5-3-4-6-16(15)21-18(19)14(10-20)13(12)9-17(19)22/h2-6,13,17,21H,7-9,11H2,1H3/b12-2-/t13-,17-,19+/m0/s1. The Balaban J connectivity index is 1.83. The third-order valence-electron chi connectivity index (χ3n) is 6.32. The number of hydrogen-bond donors (Lipinski definition) is 1. The van der Waals surface area contributed by atoms with E-state index in [1.165, 1.54) is 22.5 Å². The average Bonchev–Trinajstić information content (AvgIpc) is 3.11. The van der Waals surface area contributed by atoms with Crippen molar-refractivity contribution in [3.8, 4) is 6.07 Å². The minimum Gasteiger partial charge on any atom is -0.357 e. The second kappa shape index (κ2) is 4.02. The van der Waals surface area contributed by atoms with Gasteiger partial charge in [0, 0.05) is 36.4 Å². The third-order valence-corrected chi connectivity index (χ3v) is 6.32. The zero-order valence-electron chi connectivity index (χ0n) is 12.8. The second-order valence-electron chi connectivity index (χ2n) is 6.93. The van der Waals surface area contributed by atoms with Crippen molar-refractivity contribution < 1.29 is 0 Å². The molecule has 0 aromatic heterocycles. The monoisotopic (exact) mass is 289 g/mol. The minimum atomic E-state index is 0.0391. The smallest absolute Gasteiger partial charge is 0.0972 e. The number of nitrogens with zero attached hydrogens (tertiary/aromatic N) is 2. The van der Waals surface area contributed by atoms with Crippen LogP contribution in [0.4, 0.5) is 5.69 Å². The fourth-order valence-electron chi connectivity index (χ4n) is 5.39. The summed E-state index contributed by atoms with van der Waals surface area (Å²) in [4.78, 5) is 2.64. The van der Waals surface area contributed by atoms with E-state index in [4.69, 9.17) is 0 Å². The first-order valence-corrected chi connectivity index (χ1v) is 8.20. The summed E-state index contributed by atoms with van der Waals surface area (Å²) in [6, 6.07) is 11.8. The lowest BCUT2D eigenvalue weighted by Crippen LogP contribution is -2.52. The van der Waals surface area contributed by atoms with Gasteiger partial charge in [0.25, 0.3) is 0 Å². The average molecular weight is 289 g/mol. The number of benzene rings is 1. The van der Waals surface area contributed by atoms with Gasteiger partial charge in [-0.25, -0.2) is 0 Å². The van der Waals surface area contributed by atoms with Crippen LogP contribution in [-0.4, -0.2) is 24.0 Å². The van der Waals surface area contributed by atoms with Gasteiger partial charge in [-0.2, -0.15) is 5.26 Å². The second-order valence-corrected chi connectivity index (χ2v) is 6.93. The molecule has 3 aliphatic heterocycles. The summed E-state index contributed by atoms with van der Waals surface area (Å²) >= 11 is 0. The molecule has 22 heavy (non-hydrogen) atoms. The molecule has 110 valence electrons.